The molecule has 1 aliphatic rings. The summed E-state index contributed by atoms with van der Waals surface area (Å²) in [7, 11) is 0. The van der Waals surface area contributed by atoms with Crippen LogP contribution < -0.4 is 14.8 Å². The van der Waals surface area contributed by atoms with Gasteiger partial charge in [0.15, 0.2) is 11.5 Å². The van der Waals surface area contributed by atoms with Gasteiger partial charge in [-0.15, -0.1) is 5.92 Å². The molecular formula is C12H12ClNO2. The molecule has 1 aromatic rings. The van der Waals surface area contributed by atoms with Crippen molar-refractivity contribution in [3.63, 3.8) is 0 Å². The number of hydrogen-bond donors (Lipinski definition) is 1. The second-order valence-corrected chi connectivity index (χ2v) is 3.75. The van der Waals surface area contributed by atoms with Gasteiger partial charge in [0, 0.05) is 6.54 Å². The molecule has 1 aromatic carbocycles. The van der Waals surface area contributed by atoms with Gasteiger partial charge in [0.2, 0.25) is 6.79 Å². The van der Waals surface area contributed by atoms with E-state index in [1.807, 2.05) is 19.1 Å². The maximum atomic E-state index is 6.05. The molecule has 1 heterocycles. The van der Waals surface area contributed by atoms with Crippen LogP contribution in [0.4, 0.5) is 0 Å². The van der Waals surface area contributed by atoms with Gasteiger partial charge in [0.25, 0.3) is 0 Å². The molecule has 0 radical (unpaired) electrons. The maximum Gasteiger partial charge on any atom is 0.231 e. The summed E-state index contributed by atoms with van der Waals surface area (Å²) in [6.45, 7) is 3.44. The molecule has 0 bridgehead atoms. The second kappa shape index (κ2) is 5.11. The average Bonchev–Trinajstić information content (AvgIpc) is 2.73. The summed E-state index contributed by atoms with van der Waals surface area (Å²) in [5.74, 6) is 7.11. The molecule has 3 nitrogen and oxygen atoms in total. The average molecular weight is 238 g/mol. The minimum absolute atomic E-state index is 0.243. The molecule has 16 heavy (non-hydrogen) atoms. The predicted octanol–water partition coefficient (Wildman–Crippen LogP) is 2.18. The number of hydrogen-bond acceptors (Lipinski definition) is 3. The van der Waals surface area contributed by atoms with Crippen molar-refractivity contribution in [2.75, 3.05) is 13.3 Å². The first kappa shape index (κ1) is 11.1. The quantitative estimate of drug-likeness (QED) is 0.646. The predicted molar refractivity (Wildman–Crippen MR) is 62.7 cm³/mol. The van der Waals surface area contributed by atoms with Crippen LogP contribution in [0, 0.1) is 11.8 Å². The van der Waals surface area contributed by atoms with Gasteiger partial charge in [-0.05, 0) is 24.6 Å². The summed E-state index contributed by atoms with van der Waals surface area (Å²) in [4.78, 5) is 0. The van der Waals surface area contributed by atoms with Crippen LogP contribution in [0.25, 0.3) is 0 Å². The Hall–Kier alpha value is -1.37. The van der Waals surface area contributed by atoms with E-state index in [0.717, 1.165) is 5.56 Å². The van der Waals surface area contributed by atoms with Crippen molar-refractivity contribution in [3.05, 3.63) is 22.7 Å². The van der Waals surface area contributed by atoms with E-state index in [-0.39, 0.29) is 6.79 Å². The van der Waals surface area contributed by atoms with Crippen LogP contribution in [0.15, 0.2) is 12.1 Å². The van der Waals surface area contributed by atoms with Crippen molar-refractivity contribution in [1.82, 2.24) is 5.32 Å². The molecule has 4 heteroatoms. The zero-order valence-electron chi connectivity index (χ0n) is 8.97. The Balaban J connectivity index is 2.04. The molecule has 0 saturated heterocycles. The van der Waals surface area contributed by atoms with Gasteiger partial charge in [-0.25, -0.2) is 0 Å². The van der Waals surface area contributed by atoms with E-state index in [1.165, 1.54) is 0 Å². The lowest BCUT2D eigenvalue weighted by molar-refractivity contribution is 0.174. The normalized spacial score (nSPS) is 12.1. The lowest BCUT2D eigenvalue weighted by atomic mass is 10.2. The zero-order chi connectivity index (χ0) is 11.4. The van der Waals surface area contributed by atoms with Crippen molar-refractivity contribution >= 4 is 11.6 Å². The highest BCUT2D eigenvalue weighted by Crippen LogP contribution is 2.39. The van der Waals surface area contributed by atoms with E-state index in [0.29, 0.717) is 29.6 Å². The minimum atomic E-state index is 0.243. The van der Waals surface area contributed by atoms with E-state index in [9.17, 15) is 0 Å². The molecule has 84 valence electrons. The van der Waals surface area contributed by atoms with Crippen LogP contribution in [0.2, 0.25) is 5.02 Å². The Morgan fingerprint density at radius 1 is 1.44 bits per heavy atom. The molecule has 1 aliphatic heterocycles. The lowest BCUT2D eigenvalue weighted by Crippen LogP contribution is -2.13. The zero-order valence-corrected chi connectivity index (χ0v) is 9.73. The molecule has 0 saturated carbocycles. The van der Waals surface area contributed by atoms with Crippen LogP contribution in [0.1, 0.15) is 12.5 Å². The summed E-state index contributed by atoms with van der Waals surface area (Å²) < 4.78 is 10.5. The van der Waals surface area contributed by atoms with Gasteiger partial charge in [0.05, 0.1) is 11.6 Å². The molecule has 0 amide bonds. The minimum Gasteiger partial charge on any atom is -0.454 e. The Labute approximate surface area is 99.7 Å². The number of fused-ring (bicyclic) bond motifs is 1. The van der Waals surface area contributed by atoms with Gasteiger partial charge < -0.3 is 14.8 Å². The van der Waals surface area contributed by atoms with Crippen molar-refractivity contribution < 1.29 is 9.47 Å². The van der Waals surface area contributed by atoms with Crippen LogP contribution in [-0.4, -0.2) is 13.3 Å². The first-order valence-electron chi connectivity index (χ1n) is 4.99. The molecule has 0 aromatic heterocycles. The SMILES string of the molecule is CC#CCNCc1cc(Cl)c2c(c1)OCO2. The highest BCUT2D eigenvalue weighted by Gasteiger charge is 2.17. The number of nitrogens with one attached hydrogen (secondary N) is 1. The molecule has 0 aliphatic carbocycles. The summed E-state index contributed by atoms with van der Waals surface area (Å²) in [6, 6.07) is 3.81. The van der Waals surface area contributed by atoms with E-state index < -0.39 is 0 Å². The first-order chi connectivity index (χ1) is 7.81. The summed E-state index contributed by atoms with van der Waals surface area (Å²) in [6.07, 6.45) is 0. The third-order valence-electron chi connectivity index (χ3n) is 2.21. The molecule has 0 atom stereocenters. The standard InChI is InChI=1S/C12H12ClNO2/c1-2-3-4-14-7-9-5-10(13)12-11(6-9)15-8-16-12/h5-6,14H,4,7-8H2,1H3. The van der Waals surface area contributed by atoms with Crippen molar-refractivity contribution in [2.24, 2.45) is 0 Å². The van der Waals surface area contributed by atoms with E-state index in [1.54, 1.807) is 0 Å². The maximum absolute atomic E-state index is 6.05. The van der Waals surface area contributed by atoms with Gasteiger partial charge >= 0.3 is 0 Å². The number of benzene rings is 1. The fourth-order valence-corrected chi connectivity index (χ4v) is 1.77. The largest absolute Gasteiger partial charge is 0.454 e. The highest BCUT2D eigenvalue weighted by molar-refractivity contribution is 6.32. The second-order valence-electron chi connectivity index (χ2n) is 3.34. The van der Waals surface area contributed by atoms with Gasteiger partial charge in [-0.2, -0.15) is 0 Å². The van der Waals surface area contributed by atoms with Crippen LogP contribution in [-0.2, 0) is 6.54 Å². The smallest absolute Gasteiger partial charge is 0.231 e. The summed E-state index contributed by atoms with van der Waals surface area (Å²) in [5, 5.41) is 3.78. The topological polar surface area (TPSA) is 30.5 Å². The molecular weight excluding hydrogens is 226 g/mol. The molecule has 1 N–H and O–H groups in total. The Morgan fingerprint density at radius 2 is 2.31 bits per heavy atom. The van der Waals surface area contributed by atoms with Crippen molar-refractivity contribution in [1.29, 1.82) is 0 Å². The third-order valence-corrected chi connectivity index (χ3v) is 2.49. The summed E-state index contributed by atoms with van der Waals surface area (Å²) >= 11 is 6.05. The highest BCUT2D eigenvalue weighted by atomic mass is 35.5. The molecule has 2 rings (SSSR count). The van der Waals surface area contributed by atoms with Crippen molar-refractivity contribution in [2.45, 2.75) is 13.5 Å². The Bertz CT molecular complexity index is 448. The molecule has 0 unspecified atom stereocenters. The fourth-order valence-electron chi connectivity index (χ4n) is 1.48. The van der Waals surface area contributed by atoms with Crippen LogP contribution >= 0.6 is 11.6 Å². The van der Waals surface area contributed by atoms with Crippen LogP contribution in [0.3, 0.4) is 0 Å². The van der Waals surface area contributed by atoms with E-state index in [2.05, 4.69) is 17.2 Å². The number of ether oxygens (including phenoxy) is 2. The Morgan fingerprint density at radius 3 is 3.12 bits per heavy atom. The number of rotatable bonds is 3. The monoisotopic (exact) mass is 237 g/mol. The molecule has 0 fully saturated rings. The first-order valence-corrected chi connectivity index (χ1v) is 5.37. The van der Waals surface area contributed by atoms with E-state index in [4.69, 9.17) is 21.1 Å². The van der Waals surface area contributed by atoms with Gasteiger partial charge in [0.1, 0.15) is 0 Å². The number of halogens is 1. The van der Waals surface area contributed by atoms with Gasteiger partial charge in [-0.1, -0.05) is 17.5 Å². The molecule has 0 spiro atoms. The fraction of sp³-hybridized carbons (Fsp3) is 0.333. The van der Waals surface area contributed by atoms with Crippen LogP contribution in [0.5, 0.6) is 11.5 Å². The summed E-state index contributed by atoms with van der Waals surface area (Å²) in [5.41, 5.74) is 1.06. The van der Waals surface area contributed by atoms with Crippen molar-refractivity contribution in [3.8, 4) is 23.3 Å². The third kappa shape index (κ3) is 2.41. The van der Waals surface area contributed by atoms with Gasteiger partial charge in [-0.3, -0.25) is 0 Å². The van der Waals surface area contributed by atoms with E-state index >= 15 is 0 Å². The lowest BCUT2D eigenvalue weighted by Gasteiger charge is -2.05. The Kier molecular flexibility index (Phi) is 3.55.